The van der Waals surface area contributed by atoms with Gasteiger partial charge in [-0.05, 0) is 36.4 Å². The molecule has 120 valence electrons. The Bertz CT molecular complexity index is 1170. The molecule has 0 atom stereocenters. The Morgan fingerprint density at radius 2 is 1.76 bits per heavy atom. The van der Waals surface area contributed by atoms with Crippen molar-refractivity contribution in [3.8, 4) is 22.5 Å². The molecule has 4 nitrogen and oxygen atoms in total. The van der Waals surface area contributed by atoms with Crippen LogP contribution in [-0.2, 0) is 7.05 Å². The van der Waals surface area contributed by atoms with Gasteiger partial charge in [-0.15, -0.1) is 0 Å². The normalized spacial score (nSPS) is 11.4. The molecule has 5 aromatic rings. The number of H-pyrrole nitrogens is 1. The summed E-state index contributed by atoms with van der Waals surface area (Å²) in [6.45, 7) is 0. The summed E-state index contributed by atoms with van der Waals surface area (Å²) in [6, 6.07) is 18.8. The molecule has 0 aliphatic heterocycles. The van der Waals surface area contributed by atoms with E-state index < -0.39 is 0 Å². The second-order valence-electron chi connectivity index (χ2n) is 6.16. The average molecular weight is 324 g/mol. The number of hydrogen-bond donors (Lipinski definition) is 1. The minimum Gasteiger partial charge on any atom is -0.343 e. The number of pyridine rings is 2. The van der Waals surface area contributed by atoms with Crippen molar-refractivity contribution < 1.29 is 0 Å². The zero-order valence-electron chi connectivity index (χ0n) is 13.8. The lowest BCUT2D eigenvalue weighted by atomic mass is 10.0. The van der Waals surface area contributed by atoms with Gasteiger partial charge in [0.15, 0.2) is 0 Å². The number of hydrogen-bond acceptors (Lipinski definition) is 2. The molecule has 0 saturated heterocycles. The third-order valence-corrected chi connectivity index (χ3v) is 4.72. The topological polar surface area (TPSA) is 46.5 Å². The van der Waals surface area contributed by atoms with Gasteiger partial charge in [-0.3, -0.25) is 4.98 Å². The molecule has 0 saturated carbocycles. The second kappa shape index (κ2) is 5.31. The number of aromatic amines is 1. The Labute approximate surface area is 144 Å². The summed E-state index contributed by atoms with van der Waals surface area (Å²) in [5, 5.41) is 2.34. The molecule has 0 aliphatic carbocycles. The van der Waals surface area contributed by atoms with Crippen molar-refractivity contribution in [3.63, 3.8) is 0 Å². The number of fused-ring (bicyclic) bond motifs is 2. The Morgan fingerprint density at radius 1 is 0.920 bits per heavy atom. The maximum atomic E-state index is 4.44. The molecule has 0 radical (unpaired) electrons. The molecule has 0 bridgehead atoms. The molecule has 1 aromatic carbocycles. The van der Waals surface area contributed by atoms with E-state index in [2.05, 4.69) is 75.1 Å². The highest BCUT2D eigenvalue weighted by Crippen LogP contribution is 2.40. The summed E-state index contributed by atoms with van der Waals surface area (Å²) in [5.74, 6) is 0. The summed E-state index contributed by atoms with van der Waals surface area (Å²) in [4.78, 5) is 12.1. The first kappa shape index (κ1) is 14.0. The van der Waals surface area contributed by atoms with Gasteiger partial charge in [0, 0.05) is 53.1 Å². The maximum absolute atomic E-state index is 4.44. The first-order valence-corrected chi connectivity index (χ1v) is 8.25. The van der Waals surface area contributed by atoms with E-state index in [1.54, 1.807) is 0 Å². The van der Waals surface area contributed by atoms with Crippen LogP contribution in [0, 0.1) is 0 Å². The summed E-state index contributed by atoms with van der Waals surface area (Å²) >= 11 is 0. The standard InChI is InChI=1S/C21H16N4/c1-25-18-7-3-2-6-16(18)19(20(25)14-8-11-22-12-9-14)17-13-15-5-4-10-23-21(15)24-17/h2-13H,1H3,(H,23,24). The fourth-order valence-electron chi connectivity index (χ4n) is 3.61. The van der Waals surface area contributed by atoms with Crippen LogP contribution in [0.2, 0.25) is 0 Å². The molecule has 0 fully saturated rings. The highest BCUT2D eigenvalue weighted by Gasteiger charge is 2.19. The monoisotopic (exact) mass is 324 g/mol. The number of nitrogens with zero attached hydrogens (tertiary/aromatic N) is 3. The molecule has 0 amide bonds. The van der Waals surface area contributed by atoms with E-state index in [-0.39, 0.29) is 0 Å². The Kier molecular flexibility index (Phi) is 2.97. The van der Waals surface area contributed by atoms with Crippen LogP contribution in [0.3, 0.4) is 0 Å². The molecule has 1 N–H and O–H groups in total. The Hall–Kier alpha value is -3.40. The van der Waals surface area contributed by atoms with E-state index in [0.717, 1.165) is 22.3 Å². The smallest absolute Gasteiger partial charge is 0.137 e. The highest BCUT2D eigenvalue weighted by atomic mass is 15.0. The van der Waals surface area contributed by atoms with Gasteiger partial charge in [-0.2, -0.15) is 0 Å². The summed E-state index contributed by atoms with van der Waals surface area (Å²) in [6.07, 6.45) is 5.49. The van der Waals surface area contributed by atoms with Gasteiger partial charge in [0.2, 0.25) is 0 Å². The van der Waals surface area contributed by atoms with E-state index in [0.29, 0.717) is 0 Å². The van der Waals surface area contributed by atoms with Gasteiger partial charge in [0.05, 0.1) is 11.4 Å². The lowest BCUT2D eigenvalue weighted by Crippen LogP contribution is -1.92. The maximum Gasteiger partial charge on any atom is 0.137 e. The number of benzene rings is 1. The predicted molar refractivity (Wildman–Crippen MR) is 101 cm³/mol. The van der Waals surface area contributed by atoms with E-state index in [1.807, 2.05) is 24.7 Å². The number of nitrogens with one attached hydrogen (secondary N) is 1. The molecular formula is C21H16N4. The lowest BCUT2D eigenvalue weighted by molar-refractivity contribution is 0.978. The second-order valence-corrected chi connectivity index (χ2v) is 6.16. The van der Waals surface area contributed by atoms with Crippen molar-refractivity contribution >= 4 is 21.9 Å². The number of para-hydroxylation sites is 1. The van der Waals surface area contributed by atoms with Crippen LogP contribution in [0.1, 0.15) is 0 Å². The molecule has 0 unspecified atom stereocenters. The van der Waals surface area contributed by atoms with Gasteiger partial charge in [0.25, 0.3) is 0 Å². The molecule has 0 aliphatic rings. The van der Waals surface area contributed by atoms with Gasteiger partial charge in [-0.25, -0.2) is 4.98 Å². The van der Waals surface area contributed by atoms with Crippen molar-refractivity contribution in [1.82, 2.24) is 19.5 Å². The number of aromatic nitrogens is 4. The summed E-state index contributed by atoms with van der Waals surface area (Å²) < 4.78 is 2.25. The Balaban J connectivity index is 1.90. The summed E-state index contributed by atoms with van der Waals surface area (Å²) in [5.41, 5.74) is 6.71. The van der Waals surface area contributed by atoms with Crippen molar-refractivity contribution in [3.05, 3.63) is 73.2 Å². The molecule has 4 heterocycles. The van der Waals surface area contributed by atoms with Gasteiger partial charge in [0.1, 0.15) is 5.65 Å². The van der Waals surface area contributed by atoms with E-state index >= 15 is 0 Å². The van der Waals surface area contributed by atoms with Crippen LogP contribution in [0.5, 0.6) is 0 Å². The molecule has 4 heteroatoms. The number of rotatable bonds is 2. The van der Waals surface area contributed by atoms with E-state index in [4.69, 9.17) is 0 Å². The minimum atomic E-state index is 0.908. The average Bonchev–Trinajstić information content (AvgIpc) is 3.21. The van der Waals surface area contributed by atoms with Crippen LogP contribution in [0.4, 0.5) is 0 Å². The van der Waals surface area contributed by atoms with Crippen LogP contribution in [0.15, 0.2) is 73.2 Å². The summed E-state index contributed by atoms with van der Waals surface area (Å²) in [7, 11) is 2.11. The first-order valence-electron chi connectivity index (χ1n) is 8.25. The lowest BCUT2D eigenvalue weighted by Gasteiger charge is -2.07. The highest BCUT2D eigenvalue weighted by molar-refractivity contribution is 6.05. The SMILES string of the molecule is Cn1c(-c2ccncc2)c(-c2cc3cccnc3[nH]2)c2ccccc21. The van der Waals surface area contributed by atoms with Crippen LogP contribution in [0.25, 0.3) is 44.5 Å². The van der Waals surface area contributed by atoms with Crippen molar-refractivity contribution in [2.24, 2.45) is 7.05 Å². The van der Waals surface area contributed by atoms with Gasteiger partial charge >= 0.3 is 0 Å². The zero-order valence-corrected chi connectivity index (χ0v) is 13.8. The predicted octanol–water partition coefficient (Wildman–Crippen LogP) is 4.78. The van der Waals surface area contributed by atoms with E-state index in [9.17, 15) is 0 Å². The van der Waals surface area contributed by atoms with Crippen LogP contribution >= 0.6 is 0 Å². The van der Waals surface area contributed by atoms with Crippen LogP contribution in [-0.4, -0.2) is 19.5 Å². The van der Waals surface area contributed by atoms with Crippen molar-refractivity contribution in [2.75, 3.05) is 0 Å². The zero-order chi connectivity index (χ0) is 16.8. The molecule has 0 spiro atoms. The third-order valence-electron chi connectivity index (χ3n) is 4.72. The molecule has 4 aromatic heterocycles. The van der Waals surface area contributed by atoms with E-state index in [1.165, 1.54) is 22.2 Å². The molecular weight excluding hydrogens is 308 g/mol. The van der Waals surface area contributed by atoms with Gasteiger partial charge in [-0.1, -0.05) is 18.2 Å². The number of aryl methyl sites for hydroxylation is 1. The quantitative estimate of drug-likeness (QED) is 0.508. The van der Waals surface area contributed by atoms with Crippen molar-refractivity contribution in [1.29, 1.82) is 0 Å². The molecule has 5 rings (SSSR count). The fraction of sp³-hybridized carbons (Fsp3) is 0.0476. The first-order chi connectivity index (χ1) is 12.3. The largest absolute Gasteiger partial charge is 0.343 e. The fourth-order valence-corrected chi connectivity index (χ4v) is 3.61. The van der Waals surface area contributed by atoms with Gasteiger partial charge < -0.3 is 9.55 Å². The minimum absolute atomic E-state index is 0.908. The molecule has 25 heavy (non-hydrogen) atoms. The third kappa shape index (κ3) is 2.08. The van der Waals surface area contributed by atoms with Crippen LogP contribution < -0.4 is 0 Å². The Morgan fingerprint density at radius 3 is 2.60 bits per heavy atom. The van der Waals surface area contributed by atoms with Crippen molar-refractivity contribution in [2.45, 2.75) is 0 Å².